The number of anilines is 1. The van der Waals surface area contributed by atoms with E-state index in [1.165, 1.54) is 0 Å². The van der Waals surface area contributed by atoms with Crippen LogP contribution in [0.4, 0.5) is 5.82 Å². The number of fused-ring (bicyclic) bond motifs is 1. The van der Waals surface area contributed by atoms with Gasteiger partial charge in [-0.15, -0.1) is 0 Å². The molecule has 1 amide bonds. The Balaban J connectivity index is 2.02. The predicted octanol–water partition coefficient (Wildman–Crippen LogP) is 3.34. The van der Waals surface area contributed by atoms with Crippen LogP contribution >= 0.6 is 0 Å². The van der Waals surface area contributed by atoms with Crippen LogP contribution in [0.25, 0.3) is 0 Å². The Labute approximate surface area is 130 Å². The van der Waals surface area contributed by atoms with E-state index in [2.05, 4.69) is 24.3 Å². The quantitative estimate of drug-likeness (QED) is 0.942. The van der Waals surface area contributed by atoms with Crippen molar-refractivity contribution in [2.75, 3.05) is 11.9 Å². The molecule has 0 saturated carbocycles. The molecule has 1 atom stereocenters. The van der Waals surface area contributed by atoms with E-state index in [0.717, 1.165) is 22.7 Å². The zero-order valence-corrected chi connectivity index (χ0v) is 13.2. The van der Waals surface area contributed by atoms with Gasteiger partial charge in [0.05, 0.1) is 12.8 Å². The minimum atomic E-state index is 0.0247. The lowest BCUT2D eigenvalue weighted by Crippen LogP contribution is -2.25. The summed E-state index contributed by atoms with van der Waals surface area (Å²) in [7, 11) is 0. The Morgan fingerprint density at radius 2 is 2.27 bits per heavy atom. The van der Waals surface area contributed by atoms with Crippen LogP contribution in [-0.4, -0.2) is 22.3 Å². The van der Waals surface area contributed by atoms with Crippen molar-refractivity contribution in [3.8, 4) is 5.75 Å². The molecule has 1 aromatic heterocycles. The predicted molar refractivity (Wildman–Crippen MR) is 85.3 cm³/mol. The Kier molecular flexibility index (Phi) is 3.88. The van der Waals surface area contributed by atoms with Crippen molar-refractivity contribution in [2.24, 2.45) is 0 Å². The van der Waals surface area contributed by atoms with Gasteiger partial charge in [-0.05, 0) is 38.5 Å². The van der Waals surface area contributed by atoms with Crippen molar-refractivity contribution in [3.05, 3.63) is 41.6 Å². The van der Waals surface area contributed by atoms with E-state index < -0.39 is 0 Å². The Bertz CT molecular complexity index is 691. The lowest BCUT2D eigenvalue weighted by Gasteiger charge is -2.24. The fourth-order valence-corrected chi connectivity index (χ4v) is 2.92. The minimum absolute atomic E-state index is 0.0247. The maximum atomic E-state index is 12.1. The summed E-state index contributed by atoms with van der Waals surface area (Å²) in [5.74, 6) is 1.71. The number of aromatic nitrogens is 2. The topological polar surface area (TPSA) is 56.1 Å². The number of nitrogens with one attached hydrogen (secondary N) is 1. The number of benzene rings is 1. The molecule has 2 heterocycles. The lowest BCUT2D eigenvalue weighted by molar-refractivity contribution is -0.116. The number of hydrogen-bond acceptors (Lipinski definition) is 3. The van der Waals surface area contributed by atoms with E-state index in [1.54, 1.807) is 0 Å². The van der Waals surface area contributed by atoms with Gasteiger partial charge in [0.1, 0.15) is 11.6 Å². The van der Waals surface area contributed by atoms with Crippen molar-refractivity contribution < 1.29 is 9.53 Å². The number of hydrogen-bond donors (Lipinski definition) is 1. The second kappa shape index (κ2) is 5.83. The molecule has 3 rings (SSSR count). The fraction of sp³-hybridized carbons (Fsp3) is 0.412. The molecule has 0 spiro atoms. The second-order valence-corrected chi connectivity index (χ2v) is 5.80. The third kappa shape index (κ3) is 2.58. The molecule has 0 bridgehead atoms. The van der Waals surface area contributed by atoms with Crippen LogP contribution in [0.5, 0.6) is 5.75 Å². The summed E-state index contributed by atoms with van der Waals surface area (Å²) in [6.07, 6.45) is 2.30. The molecule has 5 heteroatoms. The van der Waals surface area contributed by atoms with Crippen molar-refractivity contribution in [3.63, 3.8) is 0 Å². The summed E-state index contributed by atoms with van der Waals surface area (Å²) >= 11 is 0. The summed E-state index contributed by atoms with van der Waals surface area (Å²) in [5, 5.41) is 7.40. The van der Waals surface area contributed by atoms with Crippen molar-refractivity contribution in [2.45, 2.75) is 39.2 Å². The molecule has 5 nitrogen and oxygen atoms in total. The smallest absolute Gasteiger partial charge is 0.226 e. The summed E-state index contributed by atoms with van der Waals surface area (Å²) in [5.41, 5.74) is 2.16. The molecule has 0 radical (unpaired) electrons. The largest absolute Gasteiger partial charge is 0.494 e. The molecule has 2 aromatic rings. The monoisotopic (exact) mass is 299 g/mol. The van der Waals surface area contributed by atoms with Crippen LogP contribution in [0.3, 0.4) is 0 Å². The van der Waals surface area contributed by atoms with Gasteiger partial charge in [-0.1, -0.05) is 12.1 Å². The van der Waals surface area contributed by atoms with E-state index in [1.807, 2.05) is 42.1 Å². The van der Waals surface area contributed by atoms with Gasteiger partial charge < -0.3 is 10.1 Å². The molecule has 0 unspecified atom stereocenters. The average molecular weight is 299 g/mol. The third-order valence-electron chi connectivity index (χ3n) is 3.91. The van der Waals surface area contributed by atoms with Gasteiger partial charge in [0, 0.05) is 23.9 Å². The first-order valence-electron chi connectivity index (χ1n) is 7.70. The number of amides is 1. The number of nitrogens with zero attached hydrogens (tertiary/aromatic N) is 2. The van der Waals surface area contributed by atoms with Crippen LogP contribution < -0.4 is 10.1 Å². The molecule has 1 aliphatic rings. The molecule has 0 fully saturated rings. The van der Waals surface area contributed by atoms with E-state index in [-0.39, 0.29) is 17.9 Å². The molecule has 0 saturated heterocycles. The maximum Gasteiger partial charge on any atom is 0.226 e. The molecular formula is C17H21N3O2. The van der Waals surface area contributed by atoms with E-state index >= 15 is 0 Å². The number of carbonyl (C=O) groups excluding carboxylic acids is 1. The van der Waals surface area contributed by atoms with Gasteiger partial charge in [-0.25, -0.2) is 4.68 Å². The normalized spacial score (nSPS) is 17.3. The summed E-state index contributed by atoms with van der Waals surface area (Å²) in [6, 6.07) is 8.18. The number of ether oxygens (including phenoxy) is 1. The van der Waals surface area contributed by atoms with Gasteiger partial charge in [0.2, 0.25) is 5.91 Å². The van der Waals surface area contributed by atoms with E-state index in [4.69, 9.17) is 4.74 Å². The van der Waals surface area contributed by atoms with Crippen LogP contribution in [0.2, 0.25) is 0 Å². The van der Waals surface area contributed by atoms with Gasteiger partial charge in [-0.3, -0.25) is 4.79 Å². The van der Waals surface area contributed by atoms with E-state index in [0.29, 0.717) is 13.0 Å². The van der Waals surface area contributed by atoms with Crippen LogP contribution in [0, 0.1) is 0 Å². The third-order valence-corrected chi connectivity index (χ3v) is 3.91. The molecule has 22 heavy (non-hydrogen) atoms. The summed E-state index contributed by atoms with van der Waals surface area (Å²) in [6.45, 7) is 6.70. The Morgan fingerprint density at radius 1 is 1.45 bits per heavy atom. The number of carbonyl (C=O) groups is 1. The molecule has 1 N–H and O–H groups in total. The highest BCUT2D eigenvalue weighted by molar-refractivity contribution is 5.94. The first kappa shape index (κ1) is 14.6. The van der Waals surface area contributed by atoms with Crippen LogP contribution in [0.15, 0.2) is 30.5 Å². The molecular weight excluding hydrogens is 278 g/mol. The highest BCUT2D eigenvalue weighted by atomic mass is 16.5. The lowest BCUT2D eigenvalue weighted by atomic mass is 9.87. The van der Waals surface area contributed by atoms with Crippen molar-refractivity contribution in [1.29, 1.82) is 0 Å². The first-order valence-corrected chi connectivity index (χ1v) is 7.70. The van der Waals surface area contributed by atoms with Gasteiger partial charge in [0.25, 0.3) is 0 Å². The Morgan fingerprint density at radius 3 is 3.00 bits per heavy atom. The van der Waals surface area contributed by atoms with E-state index in [9.17, 15) is 4.79 Å². The van der Waals surface area contributed by atoms with Gasteiger partial charge >= 0.3 is 0 Å². The first-order chi connectivity index (χ1) is 10.6. The molecule has 1 aromatic carbocycles. The maximum absolute atomic E-state index is 12.1. The number of rotatable bonds is 4. The van der Waals surface area contributed by atoms with Crippen LogP contribution in [-0.2, 0) is 4.79 Å². The zero-order valence-electron chi connectivity index (χ0n) is 13.2. The van der Waals surface area contributed by atoms with Gasteiger partial charge in [-0.2, -0.15) is 5.10 Å². The average Bonchev–Trinajstić information content (AvgIpc) is 2.91. The second-order valence-electron chi connectivity index (χ2n) is 5.80. The zero-order chi connectivity index (χ0) is 15.7. The van der Waals surface area contributed by atoms with Crippen molar-refractivity contribution in [1.82, 2.24) is 9.78 Å². The highest BCUT2D eigenvalue weighted by Gasteiger charge is 2.30. The Hall–Kier alpha value is -2.30. The SMILES string of the molecule is CCOc1cccc([C@@H]2CC(=O)Nc3c2cnn3C(C)C)c1. The fourth-order valence-electron chi connectivity index (χ4n) is 2.92. The highest BCUT2D eigenvalue weighted by Crippen LogP contribution is 2.38. The van der Waals surface area contributed by atoms with Gasteiger partial charge in [0.15, 0.2) is 0 Å². The molecule has 0 aliphatic carbocycles. The molecule has 1 aliphatic heterocycles. The minimum Gasteiger partial charge on any atom is -0.494 e. The molecule has 116 valence electrons. The summed E-state index contributed by atoms with van der Waals surface area (Å²) < 4.78 is 7.44. The summed E-state index contributed by atoms with van der Waals surface area (Å²) in [4.78, 5) is 12.1. The van der Waals surface area contributed by atoms with Crippen molar-refractivity contribution >= 4 is 11.7 Å². The van der Waals surface area contributed by atoms with Crippen LogP contribution in [0.1, 0.15) is 50.3 Å². The standard InChI is InChI=1S/C17H21N3O2/c1-4-22-13-7-5-6-12(8-13)14-9-16(21)19-17-15(14)10-18-20(17)11(2)3/h5-8,10-11,14H,4,9H2,1-3H3,(H,19,21)/t14-/m0/s1.